The maximum atomic E-state index is 5.97. The molecule has 1 saturated carbocycles. The zero-order chi connectivity index (χ0) is 11.4. The molecule has 0 aromatic carbocycles. The number of hydrogen-bond acceptors (Lipinski definition) is 3. The van der Waals surface area contributed by atoms with E-state index in [1.54, 1.807) is 0 Å². The van der Waals surface area contributed by atoms with Gasteiger partial charge in [-0.1, -0.05) is 19.3 Å². The molecule has 0 bridgehead atoms. The van der Waals surface area contributed by atoms with Crippen molar-refractivity contribution in [3.05, 3.63) is 0 Å². The molecule has 0 aromatic rings. The fourth-order valence-electron chi connectivity index (χ4n) is 3.29. The third-order valence-electron chi connectivity index (χ3n) is 4.43. The molecule has 2 fully saturated rings. The Morgan fingerprint density at radius 1 is 1.19 bits per heavy atom. The molecule has 94 valence electrons. The van der Waals surface area contributed by atoms with E-state index >= 15 is 0 Å². The summed E-state index contributed by atoms with van der Waals surface area (Å²) in [6.07, 6.45) is 8.33. The molecular weight excluding hydrogens is 216 g/mol. The first-order valence-corrected chi connectivity index (χ1v) is 7.98. The second kappa shape index (κ2) is 6.27. The van der Waals surface area contributed by atoms with Gasteiger partial charge < -0.3 is 5.73 Å². The molecule has 16 heavy (non-hydrogen) atoms. The minimum atomic E-state index is 0.748. The highest BCUT2D eigenvalue weighted by molar-refractivity contribution is 7.99. The first kappa shape index (κ1) is 12.7. The summed E-state index contributed by atoms with van der Waals surface area (Å²) < 4.78 is 0. The highest BCUT2D eigenvalue weighted by Crippen LogP contribution is 2.30. The lowest BCUT2D eigenvalue weighted by Gasteiger charge is -2.36. The topological polar surface area (TPSA) is 29.3 Å². The van der Waals surface area contributed by atoms with E-state index in [4.69, 9.17) is 5.73 Å². The van der Waals surface area contributed by atoms with Crippen LogP contribution in [-0.4, -0.2) is 42.1 Å². The second-order valence-electron chi connectivity index (χ2n) is 5.38. The van der Waals surface area contributed by atoms with Gasteiger partial charge in [-0.15, -0.1) is 0 Å². The summed E-state index contributed by atoms with van der Waals surface area (Å²) in [4.78, 5) is 2.67. The molecule has 2 nitrogen and oxygen atoms in total. The first-order chi connectivity index (χ1) is 7.83. The lowest BCUT2D eigenvalue weighted by atomic mass is 9.92. The molecule has 1 aliphatic heterocycles. The van der Waals surface area contributed by atoms with Crippen LogP contribution in [0.15, 0.2) is 0 Å². The van der Waals surface area contributed by atoms with E-state index in [0.29, 0.717) is 0 Å². The molecule has 0 aromatic heterocycles. The van der Waals surface area contributed by atoms with Crippen molar-refractivity contribution in [2.75, 3.05) is 25.1 Å². The fraction of sp³-hybridized carbons (Fsp3) is 1.00. The summed E-state index contributed by atoms with van der Waals surface area (Å²) in [5, 5.41) is 0. The molecule has 1 saturated heterocycles. The molecule has 3 atom stereocenters. The normalized spacial score (nSPS) is 36.6. The molecule has 0 radical (unpaired) electrons. The fourth-order valence-corrected chi connectivity index (χ4v) is 4.57. The van der Waals surface area contributed by atoms with Crippen molar-refractivity contribution in [2.45, 2.75) is 50.6 Å². The predicted octanol–water partition coefficient (Wildman–Crippen LogP) is 2.33. The number of nitrogens with two attached hydrogens (primary N) is 1. The summed E-state index contributed by atoms with van der Waals surface area (Å²) >= 11 is 2.12. The number of thioether (sulfide) groups is 1. The van der Waals surface area contributed by atoms with E-state index < -0.39 is 0 Å². The van der Waals surface area contributed by atoms with Gasteiger partial charge in [-0.3, -0.25) is 4.90 Å². The maximum absolute atomic E-state index is 5.97. The molecule has 1 aliphatic carbocycles. The van der Waals surface area contributed by atoms with E-state index in [9.17, 15) is 0 Å². The molecule has 2 rings (SSSR count). The Hall–Kier alpha value is 0.270. The van der Waals surface area contributed by atoms with Crippen LogP contribution in [0.2, 0.25) is 0 Å². The van der Waals surface area contributed by atoms with E-state index in [0.717, 1.165) is 24.5 Å². The molecule has 1 heterocycles. The van der Waals surface area contributed by atoms with Crippen LogP contribution in [0.1, 0.15) is 38.5 Å². The summed E-state index contributed by atoms with van der Waals surface area (Å²) in [6, 6.07) is 1.58. The average Bonchev–Trinajstić information content (AvgIpc) is 2.73. The largest absolute Gasteiger partial charge is 0.330 e. The SMILES string of the molecule is CN(C1CCSC1)C1CCCCCC1CN. The van der Waals surface area contributed by atoms with Crippen LogP contribution >= 0.6 is 11.8 Å². The maximum Gasteiger partial charge on any atom is 0.0194 e. The van der Waals surface area contributed by atoms with Gasteiger partial charge in [0.15, 0.2) is 0 Å². The lowest BCUT2D eigenvalue weighted by molar-refractivity contribution is 0.129. The molecule has 3 heteroatoms. The van der Waals surface area contributed by atoms with E-state index in [2.05, 4.69) is 23.7 Å². The highest BCUT2D eigenvalue weighted by Gasteiger charge is 2.31. The summed E-state index contributed by atoms with van der Waals surface area (Å²) in [5.41, 5.74) is 5.97. The third-order valence-corrected chi connectivity index (χ3v) is 5.57. The predicted molar refractivity (Wildman–Crippen MR) is 72.9 cm³/mol. The highest BCUT2D eigenvalue weighted by atomic mass is 32.2. The molecule has 3 unspecified atom stereocenters. The van der Waals surface area contributed by atoms with E-state index in [1.807, 2.05) is 0 Å². The average molecular weight is 242 g/mol. The number of hydrogen-bond donors (Lipinski definition) is 1. The van der Waals surface area contributed by atoms with Gasteiger partial charge in [-0.05, 0) is 44.5 Å². The Kier molecular flexibility index (Phi) is 4.98. The van der Waals surface area contributed by atoms with Gasteiger partial charge >= 0.3 is 0 Å². The Bertz CT molecular complexity index is 204. The van der Waals surface area contributed by atoms with Crippen molar-refractivity contribution < 1.29 is 0 Å². The smallest absolute Gasteiger partial charge is 0.0194 e. The van der Waals surface area contributed by atoms with Crippen molar-refractivity contribution in [2.24, 2.45) is 11.7 Å². The molecule has 0 amide bonds. The monoisotopic (exact) mass is 242 g/mol. The Balaban J connectivity index is 1.97. The lowest BCUT2D eigenvalue weighted by Crippen LogP contribution is -2.46. The molecular formula is C13H26N2S. The van der Waals surface area contributed by atoms with Crippen molar-refractivity contribution >= 4 is 11.8 Å². The Labute approximate surface area is 104 Å². The molecule has 2 N–H and O–H groups in total. The zero-order valence-electron chi connectivity index (χ0n) is 10.5. The minimum absolute atomic E-state index is 0.748. The van der Waals surface area contributed by atoms with Crippen molar-refractivity contribution in [1.29, 1.82) is 0 Å². The third kappa shape index (κ3) is 2.93. The summed E-state index contributed by atoms with van der Waals surface area (Å²) in [6.45, 7) is 0.884. The van der Waals surface area contributed by atoms with Crippen molar-refractivity contribution in [3.8, 4) is 0 Å². The van der Waals surface area contributed by atoms with Crippen LogP contribution in [0.5, 0.6) is 0 Å². The second-order valence-corrected chi connectivity index (χ2v) is 6.53. The quantitative estimate of drug-likeness (QED) is 0.770. The van der Waals surface area contributed by atoms with Crippen LogP contribution in [0.4, 0.5) is 0 Å². The standard InChI is InChI=1S/C13H26N2S/c1-15(12-7-8-16-10-12)13-6-4-2-3-5-11(13)9-14/h11-13H,2-10,14H2,1H3. The zero-order valence-corrected chi connectivity index (χ0v) is 11.3. The Morgan fingerprint density at radius 3 is 2.69 bits per heavy atom. The van der Waals surface area contributed by atoms with Gasteiger partial charge in [0.2, 0.25) is 0 Å². The molecule has 2 aliphatic rings. The number of nitrogens with zero attached hydrogens (tertiary/aromatic N) is 1. The van der Waals surface area contributed by atoms with Crippen molar-refractivity contribution in [3.63, 3.8) is 0 Å². The van der Waals surface area contributed by atoms with Gasteiger partial charge in [-0.25, -0.2) is 0 Å². The first-order valence-electron chi connectivity index (χ1n) is 6.82. The van der Waals surface area contributed by atoms with Crippen LogP contribution in [0.3, 0.4) is 0 Å². The number of rotatable bonds is 3. The van der Waals surface area contributed by atoms with Crippen LogP contribution in [0.25, 0.3) is 0 Å². The van der Waals surface area contributed by atoms with Gasteiger partial charge in [-0.2, -0.15) is 11.8 Å². The van der Waals surface area contributed by atoms with Crippen LogP contribution < -0.4 is 5.73 Å². The summed E-state index contributed by atoms with van der Waals surface area (Å²) in [7, 11) is 2.34. The van der Waals surface area contributed by atoms with E-state index in [-0.39, 0.29) is 0 Å². The van der Waals surface area contributed by atoms with Crippen LogP contribution in [0, 0.1) is 5.92 Å². The molecule has 0 spiro atoms. The van der Waals surface area contributed by atoms with Crippen molar-refractivity contribution in [1.82, 2.24) is 4.90 Å². The van der Waals surface area contributed by atoms with Gasteiger partial charge in [0.25, 0.3) is 0 Å². The summed E-state index contributed by atoms with van der Waals surface area (Å²) in [5.74, 6) is 3.44. The van der Waals surface area contributed by atoms with Gasteiger partial charge in [0.1, 0.15) is 0 Å². The van der Waals surface area contributed by atoms with Crippen LogP contribution in [-0.2, 0) is 0 Å². The minimum Gasteiger partial charge on any atom is -0.330 e. The van der Waals surface area contributed by atoms with E-state index in [1.165, 1.54) is 50.0 Å². The van der Waals surface area contributed by atoms with Gasteiger partial charge in [0.05, 0.1) is 0 Å². The Morgan fingerprint density at radius 2 is 2.00 bits per heavy atom. The van der Waals surface area contributed by atoms with Gasteiger partial charge in [0, 0.05) is 17.8 Å².